The third-order valence-corrected chi connectivity index (χ3v) is 3.28. The maximum atomic E-state index is 11.6. The summed E-state index contributed by atoms with van der Waals surface area (Å²) in [5, 5.41) is 0.249. The monoisotopic (exact) mass is 219 g/mol. The molecule has 0 aromatic carbocycles. The molecule has 0 bridgehead atoms. The predicted octanol–water partition coefficient (Wildman–Crippen LogP) is 2.32. The number of rotatable bonds is 5. The minimum atomic E-state index is -4.09. The fraction of sp³-hybridized carbons (Fsp3) is 1.00. The van der Waals surface area contributed by atoms with Gasteiger partial charge in [0.15, 0.2) is 0 Å². The van der Waals surface area contributed by atoms with Crippen LogP contribution in [0.2, 0.25) is 0 Å². The third-order valence-electron chi connectivity index (χ3n) is 1.08. The molecule has 0 rings (SSSR count). The van der Waals surface area contributed by atoms with Gasteiger partial charge in [-0.25, -0.2) is 0 Å². The van der Waals surface area contributed by atoms with Gasteiger partial charge in [-0.2, -0.15) is 24.9 Å². The van der Waals surface area contributed by atoms with Crippen LogP contribution in [0.5, 0.6) is 0 Å². The Labute approximate surface area is 78.6 Å². The predicted molar refractivity (Wildman–Crippen MR) is 49.5 cm³/mol. The van der Waals surface area contributed by atoms with Crippen LogP contribution in [0.15, 0.2) is 0 Å². The van der Waals surface area contributed by atoms with Gasteiger partial charge in [-0.1, -0.05) is 18.7 Å². The number of thioether (sulfide) groups is 2. The molecule has 0 radical (unpaired) electrons. The second kappa shape index (κ2) is 5.99. The lowest BCUT2D eigenvalue weighted by Gasteiger charge is -2.08. The van der Waals surface area contributed by atoms with E-state index in [1.807, 2.05) is 6.92 Å². The molecule has 0 aliphatic carbocycles. The molecule has 0 aliphatic rings. The molecular formula is C6H12F3NS2. The van der Waals surface area contributed by atoms with Gasteiger partial charge in [-0.3, -0.25) is 0 Å². The molecule has 6 heteroatoms. The Hall–Kier alpha value is 0.450. The first-order chi connectivity index (χ1) is 5.45. The van der Waals surface area contributed by atoms with Crippen molar-refractivity contribution in [2.45, 2.75) is 17.7 Å². The lowest BCUT2D eigenvalue weighted by molar-refractivity contribution is -0.0326. The Kier molecular flexibility index (Phi) is 6.21. The van der Waals surface area contributed by atoms with Crippen LogP contribution in [0.1, 0.15) is 6.92 Å². The zero-order valence-corrected chi connectivity index (χ0v) is 8.36. The van der Waals surface area contributed by atoms with Gasteiger partial charge in [0.1, 0.15) is 0 Å². The Morgan fingerprint density at radius 2 is 1.92 bits per heavy atom. The largest absolute Gasteiger partial charge is 0.441 e. The number of hydrogen-bond acceptors (Lipinski definition) is 3. The summed E-state index contributed by atoms with van der Waals surface area (Å²) in [5.74, 6) is 0.612. The van der Waals surface area contributed by atoms with E-state index in [2.05, 4.69) is 0 Å². The standard InChI is InChI=1S/C6H12F3NS2/c1-5(4-10)11-2-3-12-6(7,8)9/h5H,2-4,10H2,1H3. The fourth-order valence-electron chi connectivity index (χ4n) is 0.475. The highest BCUT2D eigenvalue weighted by Crippen LogP contribution is 2.30. The van der Waals surface area contributed by atoms with Crippen LogP contribution in [0.4, 0.5) is 13.2 Å². The smallest absolute Gasteiger partial charge is 0.329 e. The summed E-state index contributed by atoms with van der Waals surface area (Å²) in [6.07, 6.45) is 0. The van der Waals surface area contributed by atoms with Crippen LogP contribution in [-0.4, -0.2) is 28.8 Å². The molecule has 0 heterocycles. The molecule has 0 saturated carbocycles. The van der Waals surface area contributed by atoms with Gasteiger partial charge >= 0.3 is 5.51 Å². The van der Waals surface area contributed by atoms with Crippen molar-refractivity contribution in [3.63, 3.8) is 0 Å². The fourth-order valence-corrected chi connectivity index (χ4v) is 1.96. The zero-order valence-electron chi connectivity index (χ0n) is 6.73. The third kappa shape index (κ3) is 8.55. The minimum Gasteiger partial charge on any atom is -0.329 e. The summed E-state index contributed by atoms with van der Waals surface area (Å²) in [5.41, 5.74) is 1.20. The lowest BCUT2D eigenvalue weighted by Crippen LogP contribution is -2.13. The Morgan fingerprint density at radius 3 is 2.33 bits per heavy atom. The first-order valence-electron chi connectivity index (χ1n) is 3.48. The second-order valence-electron chi connectivity index (χ2n) is 2.21. The first kappa shape index (κ1) is 12.4. The summed E-state index contributed by atoms with van der Waals surface area (Å²) >= 11 is 1.50. The van der Waals surface area contributed by atoms with Crippen molar-refractivity contribution in [1.82, 2.24) is 0 Å². The maximum absolute atomic E-state index is 11.6. The normalized spacial score (nSPS) is 14.8. The molecule has 0 aromatic rings. The molecule has 74 valence electrons. The van der Waals surface area contributed by atoms with Gasteiger partial charge in [0, 0.05) is 23.3 Å². The molecule has 1 atom stereocenters. The Balaban J connectivity index is 3.22. The van der Waals surface area contributed by atoms with Gasteiger partial charge in [-0.05, 0) is 0 Å². The zero-order chi connectivity index (χ0) is 9.61. The van der Waals surface area contributed by atoms with Gasteiger partial charge in [0.25, 0.3) is 0 Å². The second-order valence-corrected chi connectivity index (χ2v) is 4.92. The number of nitrogens with two attached hydrogens (primary N) is 1. The van der Waals surface area contributed by atoms with E-state index >= 15 is 0 Å². The van der Waals surface area contributed by atoms with Gasteiger partial charge in [0.05, 0.1) is 0 Å². The average molecular weight is 219 g/mol. The van der Waals surface area contributed by atoms with Crippen molar-refractivity contribution >= 4 is 23.5 Å². The van der Waals surface area contributed by atoms with Gasteiger partial charge in [0.2, 0.25) is 0 Å². The summed E-state index contributed by atoms with van der Waals surface area (Å²) in [6.45, 7) is 2.42. The molecule has 12 heavy (non-hydrogen) atoms. The van der Waals surface area contributed by atoms with Crippen LogP contribution >= 0.6 is 23.5 Å². The number of alkyl halides is 3. The summed E-state index contributed by atoms with van der Waals surface area (Å²) in [7, 11) is 0. The molecule has 1 nitrogen and oxygen atoms in total. The molecule has 0 aliphatic heterocycles. The Morgan fingerprint density at radius 1 is 1.33 bits per heavy atom. The van der Waals surface area contributed by atoms with E-state index in [1.54, 1.807) is 0 Å². The number of hydrogen-bond donors (Lipinski definition) is 1. The van der Waals surface area contributed by atoms with Crippen LogP contribution in [0.25, 0.3) is 0 Å². The Bertz CT molecular complexity index is 118. The van der Waals surface area contributed by atoms with E-state index in [0.29, 0.717) is 12.3 Å². The van der Waals surface area contributed by atoms with Crippen molar-refractivity contribution < 1.29 is 13.2 Å². The van der Waals surface area contributed by atoms with Crippen molar-refractivity contribution in [1.29, 1.82) is 0 Å². The van der Waals surface area contributed by atoms with E-state index in [9.17, 15) is 13.2 Å². The van der Waals surface area contributed by atoms with E-state index in [1.165, 1.54) is 11.8 Å². The maximum Gasteiger partial charge on any atom is 0.441 e. The van der Waals surface area contributed by atoms with E-state index in [4.69, 9.17) is 5.73 Å². The van der Waals surface area contributed by atoms with Crippen molar-refractivity contribution in [3.05, 3.63) is 0 Å². The summed E-state index contributed by atoms with van der Waals surface area (Å²) in [4.78, 5) is 0. The minimum absolute atomic E-state index is 0.0244. The molecule has 0 saturated heterocycles. The topological polar surface area (TPSA) is 26.0 Å². The highest BCUT2D eigenvalue weighted by molar-refractivity contribution is 8.03. The molecule has 0 spiro atoms. The lowest BCUT2D eigenvalue weighted by atomic mass is 10.5. The van der Waals surface area contributed by atoms with Crippen LogP contribution < -0.4 is 5.73 Å². The summed E-state index contributed by atoms with van der Waals surface area (Å²) < 4.78 is 34.8. The van der Waals surface area contributed by atoms with Crippen molar-refractivity contribution in [2.75, 3.05) is 18.1 Å². The van der Waals surface area contributed by atoms with E-state index in [-0.39, 0.29) is 22.8 Å². The van der Waals surface area contributed by atoms with Gasteiger partial charge < -0.3 is 5.73 Å². The highest BCUT2D eigenvalue weighted by atomic mass is 32.2. The molecule has 0 aromatic heterocycles. The van der Waals surface area contributed by atoms with Crippen LogP contribution in [0, 0.1) is 0 Å². The van der Waals surface area contributed by atoms with Gasteiger partial charge in [-0.15, -0.1) is 0 Å². The van der Waals surface area contributed by atoms with Crippen LogP contribution in [0.3, 0.4) is 0 Å². The molecular weight excluding hydrogens is 207 g/mol. The van der Waals surface area contributed by atoms with Crippen molar-refractivity contribution in [2.24, 2.45) is 5.73 Å². The van der Waals surface area contributed by atoms with Crippen molar-refractivity contribution in [3.8, 4) is 0 Å². The molecule has 2 N–H and O–H groups in total. The van der Waals surface area contributed by atoms with Crippen LogP contribution in [-0.2, 0) is 0 Å². The quantitative estimate of drug-likeness (QED) is 0.719. The molecule has 0 fully saturated rings. The summed E-state index contributed by atoms with van der Waals surface area (Å²) in [6, 6.07) is 0. The highest BCUT2D eigenvalue weighted by Gasteiger charge is 2.27. The molecule has 0 amide bonds. The average Bonchev–Trinajstić information content (AvgIpc) is 1.96. The van der Waals surface area contributed by atoms with E-state index in [0.717, 1.165) is 0 Å². The SMILES string of the molecule is CC(CN)SCCSC(F)(F)F. The number of halogens is 3. The first-order valence-corrected chi connectivity index (χ1v) is 5.51. The van der Waals surface area contributed by atoms with E-state index < -0.39 is 5.51 Å². The molecule has 1 unspecified atom stereocenters.